The van der Waals surface area contributed by atoms with Crippen LogP contribution in [0.2, 0.25) is 5.02 Å². The Morgan fingerprint density at radius 3 is 2.32 bits per heavy atom. The van der Waals surface area contributed by atoms with Crippen LogP contribution in [0.25, 0.3) is 0 Å². The van der Waals surface area contributed by atoms with Crippen molar-refractivity contribution in [3.8, 4) is 11.8 Å². The van der Waals surface area contributed by atoms with E-state index in [1.165, 1.54) is 0 Å². The summed E-state index contributed by atoms with van der Waals surface area (Å²) >= 11 is 6.10. The molecule has 12 nitrogen and oxygen atoms in total. The van der Waals surface area contributed by atoms with Crippen LogP contribution in [0.3, 0.4) is 0 Å². The highest BCUT2D eigenvalue weighted by atomic mass is 35.5. The lowest BCUT2D eigenvalue weighted by Gasteiger charge is -2.35. The van der Waals surface area contributed by atoms with E-state index in [9.17, 15) is 18.0 Å². The number of carbonyl (C=O) groups excluding carboxylic acids is 1. The zero-order valence-electron chi connectivity index (χ0n) is 23.9. The lowest BCUT2D eigenvalue weighted by Crippen LogP contribution is -2.47. The minimum absolute atomic E-state index is 0.0511. The second kappa shape index (κ2) is 17.0. The number of benzene rings is 1. The highest BCUT2D eigenvalue weighted by Crippen LogP contribution is 2.27. The molecule has 1 saturated carbocycles. The number of carboxylic acids is 1. The molecule has 2 aliphatic rings. The summed E-state index contributed by atoms with van der Waals surface area (Å²) in [7, 11) is 0. The number of aromatic nitrogens is 2. The van der Waals surface area contributed by atoms with E-state index in [0.717, 1.165) is 64.2 Å². The van der Waals surface area contributed by atoms with Gasteiger partial charge in [0, 0.05) is 51.4 Å². The first kappa shape index (κ1) is 34.8. The van der Waals surface area contributed by atoms with E-state index in [1.54, 1.807) is 24.3 Å². The lowest BCUT2D eigenvalue weighted by molar-refractivity contribution is -0.192. The number of halogens is 4. The van der Waals surface area contributed by atoms with Crippen LogP contribution in [0.15, 0.2) is 30.3 Å². The molecule has 240 valence electrons. The van der Waals surface area contributed by atoms with Gasteiger partial charge in [-0.05, 0) is 49.9 Å². The fourth-order valence-electron chi connectivity index (χ4n) is 4.63. The molecule has 0 bridgehead atoms. The van der Waals surface area contributed by atoms with Crippen molar-refractivity contribution in [1.82, 2.24) is 20.4 Å². The molecule has 1 aromatic carbocycles. The van der Waals surface area contributed by atoms with Crippen molar-refractivity contribution < 1.29 is 37.3 Å². The number of nitrogens with two attached hydrogens (primary N) is 1. The molecule has 4 rings (SSSR count). The fourth-order valence-corrected chi connectivity index (χ4v) is 4.84. The van der Waals surface area contributed by atoms with Crippen molar-refractivity contribution in [2.75, 3.05) is 57.4 Å². The molecule has 4 N–H and O–H groups in total. The fraction of sp³-hybridized carbons (Fsp3) is 0.536. The normalized spacial score (nSPS) is 18.9. The molecule has 0 unspecified atom stereocenters. The van der Waals surface area contributed by atoms with Gasteiger partial charge >= 0.3 is 12.1 Å². The van der Waals surface area contributed by atoms with Gasteiger partial charge in [0.25, 0.3) is 5.91 Å². The number of ether oxygens (including phenoxy) is 2. The van der Waals surface area contributed by atoms with Gasteiger partial charge in [-0.15, -0.1) is 10.2 Å². The minimum atomic E-state index is -5.08. The number of nitrogens with zero attached hydrogens (tertiary/aromatic N) is 5. The monoisotopic (exact) mass is 641 g/mol. The van der Waals surface area contributed by atoms with Crippen LogP contribution in [-0.4, -0.2) is 103 Å². The van der Waals surface area contributed by atoms with Crippen LogP contribution in [0.1, 0.15) is 41.7 Å². The van der Waals surface area contributed by atoms with Crippen molar-refractivity contribution in [1.29, 1.82) is 5.26 Å². The van der Waals surface area contributed by atoms with Gasteiger partial charge in [0.1, 0.15) is 11.8 Å². The smallest absolute Gasteiger partial charge is 0.490 e. The number of amides is 1. The Balaban J connectivity index is 0.000000676. The van der Waals surface area contributed by atoms with E-state index in [0.29, 0.717) is 41.8 Å². The summed E-state index contributed by atoms with van der Waals surface area (Å²) in [6, 6.07) is 10.8. The van der Waals surface area contributed by atoms with Gasteiger partial charge in [-0.1, -0.05) is 11.6 Å². The maximum Gasteiger partial charge on any atom is 0.490 e. The van der Waals surface area contributed by atoms with Crippen LogP contribution in [0, 0.1) is 11.3 Å². The Kier molecular flexibility index (Phi) is 13.4. The number of carbonyl (C=O) groups is 2. The molecule has 1 aliphatic heterocycles. The number of alkyl halides is 3. The molecule has 16 heteroatoms. The maximum atomic E-state index is 12.7. The predicted octanol–water partition coefficient (Wildman–Crippen LogP) is 2.85. The second-order valence-electron chi connectivity index (χ2n) is 10.1. The summed E-state index contributed by atoms with van der Waals surface area (Å²) in [6.07, 6.45) is -1.77. The Morgan fingerprint density at radius 1 is 1.09 bits per heavy atom. The largest absolute Gasteiger partial charge is 0.490 e. The molecule has 1 aliphatic carbocycles. The lowest BCUT2D eigenvalue weighted by atomic mass is 9.93. The third-order valence-corrected chi connectivity index (χ3v) is 7.32. The summed E-state index contributed by atoms with van der Waals surface area (Å²) < 4.78 is 43.2. The number of piperazine rings is 1. The van der Waals surface area contributed by atoms with Gasteiger partial charge in [0.2, 0.25) is 0 Å². The van der Waals surface area contributed by atoms with Gasteiger partial charge < -0.3 is 30.5 Å². The van der Waals surface area contributed by atoms with Crippen LogP contribution in [-0.2, 0) is 9.53 Å². The number of rotatable bonds is 10. The molecule has 0 atom stereocenters. The maximum absolute atomic E-state index is 12.7. The zero-order valence-corrected chi connectivity index (χ0v) is 24.7. The van der Waals surface area contributed by atoms with Crippen molar-refractivity contribution in [2.45, 2.75) is 44.0 Å². The molecule has 2 aromatic rings. The van der Waals surface area contributed by atoms with E-state index in [-0.39, 0.29) is 18.1 Å². The van der Waals surface area contributed by atoms with Crippen molar-refractivity contribution in [2.24, 2.45) is 5.73 Å². The Morgan fingerprint density at radius 2 is 1.77 bits per heavy atom. The third kappa shape index (κ3) is 11.1. The summed E-state index contributed by atoms with van der Waals surface area (Å²) in [5.74, 6) is -1.52. The highest BCUT2D eigenvalue weighted by Gasteiger charge is 2.38. The molecular formula is C28H35ClF3N7O5. The SMILES string of the molecule is N#Cc1ccc(O[C@H]2CC[C@H](NC(=O)c3ccc(N4CCN(CCOCCN)CC4)nn3)CC2)cc1Cl.O=C(O)C(F)(F)F. The quantitative estimate of drug-likeness (QED) is 0.326. The minimum Gasteiger partial charge on any atom is -0.490 e. The zero-order chi connectivity index (χ0) is 32.1. The average Bonchev–Trinajstić information content (AvgIpc) is 3.01. The summed E-state index contributed by atoms with van der Waals surface area (Å²) in [5, 5.41) is 28.1. The number of nitriles is 1. The topological polar surface area (TPSA) is 167 Å². The van der Waals surface area contributed by atoms with E-state index >= 15 is 0 Å². The molecule has 1 saturated heterocycles. The van der Waals surface area contributed by atoms with Crippen LogP contribution in [0.4, 0.5) is 19.0 Å². The Hall–Kier alpha value is -3.71. The van der Waals surface area contributed by atoms with E-state index < -0.39 is 12.1 Å². The first-order valence-electron chi connectivity index (χ1n) is 14.1. The van der Waals surface area contributed by atoms with Crippen molar-refractivity contribution >= 4 is 29.3 Å². The first-order valence-corrected chi connectivity index (χ1v) is 14.4. The van der Waals surface area contributed by atoms with Crippen molar-refractivity contribution in [3.05, 3.63) is 46.6 Å². The molecule has 44 heavy (non-hydrogen) atoms. The number of hydrogen-bond acceptors (Lipinski definition) is 10. The molecule has 2 heterocycles. The average molecular weight is 642 g/mol. The Labute approximate surface area is 257 Å². The van der Waals surface area contributed by atoms with Crippen LogP contribution in [0.5, 0.6) is 5.75 Å². The van der Waals surface area contributed by atoms with E-state index in [2.05, 4.69) is 25.3 Å². The number of carboxylic acid groups (broad SMARTS) is 1. The summed E-state index contributed by atoms with van der Waals surface area (Å²) in [4.78, 5) is 26.2. The molecule has 0 radical (unpaired) electrons. The van der Waals surface area contributed by atoms with Gasteiger partial charge in [-0.2, -0.15) is 18.4 Å². The van der Waals surface area contributed by atoms with Gasteiger partial charge in [0.15, 0.2) is 11.5 Å². The second-order valence-corrected chi connectivity index (χ2v) is 10.5. The molecule has 1 aromatic heterocycles. The van der Waals surface area contributed by atoms with Gasteiger partial charge in [-0.25, -0.2) is 4.79 Å². The predicted molar refractivity (Wildman–Crippen MR) is 155 cm³/mol. The number of hydrogen-bond donors (Lipinski definition) is 3. The van der Waals surface area contributed by atoms with Crippen LogP contribution >= 0.6 is 11.6 Å². The summed E-state index contributed by atoms with van der Waals surface area (Å²) in [6.45, 7) is 6.32. The molecular weight excluding hydrogens is 607 g/mol. The number of aliphatic carboxylic acids is 1. The molecule has 1 amide bonds. The number of anilines is 1. The Bertz CT molecular complexity index is 1260. The third-order valence-electron chi connectivity index (χ3n) is 7.01. The summed E-state index contributed by atoms with van der Waals surface area (Å²) in [5.41, 5.74) is 6.20. The van der Waals surface area contributed by atoms with Gasteiger partial charge in [-0.3, -0.25) is 9.69 Å². The van der Waals surface area contributed by atoms with Crippen molar-refractivity contribution in [3.63, 3.8) is 0 Å². The molecule has 2 fully saturated rings. The number of nitrogens with one attached hydrogen (secondary N) is 1. The first-order chi connectivity index (χ1) is 21.0. The molecule has 0 spiro atoms. The van der Waals surface area contributed by atoms with E-state index in [1.807, 2.05) is 12.1 Å². The van der Waals surface area contributed by atoms with Gasteiger partial charge in [0.05, 0.1) is 29.9 Å². The van der Waals surface area contributed by atoms with E-state index in [4.69, 9.17) is 42.0 Å². The van der Waals surface area contributed by atoms with Crippen LogP contribution < -0.4 is 20.7 Å². The standard InChI is InChI=1S/C26H34ClN7O3.C2HF3O2/c27-23-17-22(4-1-19(23)18-29)37-21-5-2-20(3-6-21)30-26(35)24-7-8-25(32-31-24)34-12-10-33(11-13-34)14-16-36-15-9-28;3-2(4,5)1(6)7/h1,4,7-8,17,20-21H,2-3,5-6,9-16,28H2,(H,30,35);(H,6,7)/t20-,21-;. The highest BCUT2D eigenvalue weighted by molar-refractivity contribution is 6.31.